The number of halogens is 1. The van der Waals surface area contributed by atoms with Gasteiger partial charge in [-0.25, -0.2) is 0 Å². The van der Waals surface area contributed by atoms with Crippen LogP contribution in [0.5, 0.6) is 0 Å². The molecule has 2 heteroatoms. The van der Waals surface area contributed by atoms with Gasteiger partial charge in [0.05, 0.1) is 0 Å². The molecule has 2 atom stereocenters. The quantitative estimate of drug-likeness (QED) is 0.808. The number of fused-ring (bicyclic) bond motifs is 1. The first kappa shape index (κ1) is 11.5. The summed E-state index contributed by atoms with van der Waals surface area (Å²) in [7, 11) is 0. The summed E-state index contributed by atoms with van der Waals surface area (Å²) in [6.45, 7) is 0. The fourth-order valence-electron chi connectivity index (χ4n) is 3.01. The highest BCUT2D eigenvalue weighted by molar-refractivity contribution is 9.10. The van der Waals surface area contributed by atoms with Crippen molar-refractivity contribution in [1.82, 2.24) is 5.32 Å². The van der Waals surface area contributed by atoms with Crippen LogP contribution >= 0.6 is 15.9 Å². The minimum Gasteiger partial charge on any atom is -0.307 e. The lowest BCUT2D eigenvalue weighted by Crippen LogP contribution is -2.32. The Balaban J connectivity index is 1.75. The van der Waals surface area contributed by atoms with Crippen molar-refractivity contribution in [3.63, 3.8) is 0 Å². The highest BCUT2D eigenvalue weighted by Gasteiger charge is 2.25. The lowest BCUT2D eigenvalue weighted by atomic mass is 9.99. The van der Waals surface area contributed by atoms with E-state index in [1.807, 2.05) is 0 Å². The third-order valence-electron chi connectivity index (χ3n) is 3.92. The van der Waals surface area contributed by atoms with Crippen molar-refractivity contribution in [3.05, 3.63) is 46.0 Å². The highest BCUT2D eigenvalue weighted by atomic mass is 79.9. The average Bonchev–Trinajstić information content (AvgIpc) is 2.76. The minimum absolute atomic E-state index is 0.569. The lowest BCUT2D eigenvalue weighted by molar-refractivity contribution is 0.408. The normalized spacial score (nSPS) is 27.1. The Labute approximate surface area is 111 Å². The molecule has 0 aromatic heterocycles. The Morgan fingerprint density at radius 2 is 2.12 bits per heavy atom. The molecule has 0 aliphatic heterocycles. The van der Waals surface area contributed by atoms with E-state index in [4.69, 9.17) is 0 Å². The van der Waals surface area contributed by atoms with Crippen molar-refractivity contribution in [2.24, 2.45) is 0 Å². The molecular formula is C15H18BrN. The molecule has 2 unspecified atom stereocenters. The molecule has 0 radical (unpaired) electrons. The van der Waals surface area contributed by atoms with E-state index in [0.717, 1.165) is 0 Å². The van der Waals surface area contributed by atoms with E-state index in [1.54, 1.807) is 0 Å². The Morgan fingerprint density at radius 1 is 1.18 bits per heavy atom. The van der Waals surface area contributed by atoms with Gasteiger partial charge in [-0.2, -0.15) is 0 Å². The van der Waals surface area contributed by atoms with Crippen molar-refractivity contribution in [3.8, 4) is 0 Å². The average molecular weight is 292 g/mol. The molecule has 0 spiro atoms. The van der Waals surface area contributed by atoms with Crippen molar-refractivity contribution in [1.29, 1.82) is 0 Å². The first-order chi connectivity index (χ1) is 8.34. The summed E-state index contributed by atoms with van der Waals surface area (Å²) in [5, 5.41) is 3.83. The second-order valence-corrected chi connectivity index (χ2v) is 5.90. The third kappa shape index (κ3) is 2.34. The van der Waals surface area contributed by atoms with E-state index in [9.17, 15) is 0 Å². The smallest absolute Gasteiger partial charge is 0.0329 e. The van der Waals surface area contributed by atoms with Crippen LogP contribution in [-0.2, 0) is 6.42 Å². The molecule has 0 fully saturated rings. The Morgan fingerprint density at radius 3 is 2.94 bits per heavy atom. The zero-order valence-corrected chi connectivity index (χ0v) is 11.5. The fraction of sp³-hybridized carbons (Fsp3) is 0.467. The summed E-state index contributed by atoms with van der Waals surface area (Å²) in [5.41, 5.74) is 3.02. The van der Waals surface area contributed by atoms with Gasteiger partial charge in [0.15, 0.2) is 0 Å². The number of benzene rings is 1. The topological polar surface area (TPSA) is 12.0 Å². The molecule has 2 aliphatic rings. The molecule has 0 saturated heterocycles. The van der Waals surface area contributed by atoms with Crippen molar-refractivity contribution in [2.75, 3.05) is 0 Å². The van der Waals surface area contributed by atoms with Gasteiger partial charge in [0.2, 0.25) is 0 Å². The number of allylic oxidation sites excluding steroid dienone is 1. The first-order valence-electron chi connectivity index (χ1n) is 6.53. The molecule has 0 heterocycles. The predicted octanol–water partition coefficient (Wildman–Crippen LogP) is 4.13. The van der Waals surface area contributed by atoms with Crippen LogP contribution in [0.1, 0.15) is 42.9 Å². The van der Waals surface area contributed by atoms with Gasteiger partial charge in [0.25, 0.3) is 0 Å². The standard InChI is InChI=1S/C15H18BrN/c16-14-8-4-7-13-12(14)9-10-15(13)17-11-5-2-1-3-6-11/h1-2,4,7-8,11,15,17H,3,5-6,9-10H2. The van der Waals surface area contributed by atoms with Crippen LogP contribution in [0.25, 0.3) is 0 Å². The maximum absolute atomic E-state index is 3.83. The fourth-order valence-corrected chi connectivity index (χ4v) is 3.59. The molecular weight excluding hydrogens is 274 g/mol. The van der Waals surface area contributed by atoms with Crippen LogP contribution in [0.4, 0.5) is 0 Å². The number of hydrogen-bond acceptors (Lipinski definition) is 1. The van der Waals surface area contributed by atoms with Crippen LogP contribution in [0.2, 0.25) is 0 Å². The number of rotatable bonds is 2. The molecule has 3 rings (SSSR count). The van der Waals surface area contributed by atoms with Crippen LogP contribution in [0.3, 0.4) is 0 Å². The Bertz CT molecular complexity index is 439. The van der Waals surface area contributed by atoms with Gasteiger partial charge >= 0.3 is 0 Å². The summed E-state index contributed by atoms with van der Waals surface area (Å²) in [6, 6.07) is 7.84. The molecule has 0 amide bonds. The summed E-state index contributed by atoms with van der Waals surface area (Å²) in [5.74, 6) is 0. The molecule has 90 valence electrons. The van der Waals surface area contributed by atoms with E-state index in [-0.39, 0.29) is 0 Å². The van der Waals surface area contributed by atoms with E-state index in [0.29, 0.717) is 12.1 Å². The van der Waals surface area contributed by atoms with Crippen molar-refractivity contribution in [2.45, 2.75) is 44.2 Å². The van der Waals surface area contributed by atoms with Gasteiger partial charge in [-0.1, -0.05) is 40.2 Å². The Kier molecular flexibility index (Phi) is 3.34. The molecule has 0 bridgehead atoms. The first-order valence-corrected chi connectivity index (χ1v) is 7.32. The van der Waals surface area contributed by atoms with E-state index >= 15 is 0 Å². The summed E-state index contributed by atoms with van der Waals surface area (Å²) >= 11 is 3.66. The predicted molar refractivity (Wildman–Crippen MR) is 75.1 cm³/mol. The molecule has 1 nitrogen and oxygen atoms in total. The second-order valence-electron chi connectivity index (χ2n) is 5.05. The lowest BCUT2D eigenvalue weighted by Gasteiger charge is -2.24. The van der Waals surface area contributed by atoms with Crippen LogP contribution < -0.4 is 5.32 Å². The molecule has 1 aromatic rings. The third-order valence-corrected chi connectivity index (χ3v) is 4.66. The number of nitrogens with one attached hydrogen (secondary N) is 1. The van der Waals surface area contributed by atoms with Crippen LogP contribution in [0, 0.1) is 0 Å². The number of hydrogen-bond donors (Lipinski definition) is 1. The monoisotopic (exact) mass is 291 g/mol. The molecule has 1 N–H and O–H groups in total. The van der Waals surface area contributed by atoms with Gasteiger partial charge in [0, 0.05) is 16.6 Å². The second kappa shape index (κ2) is 4.95. The van der Waals surface area contributed by atoms with Gasteiger partial charge in [-0.3, -0.25) is 0 Å². The largest absolute Gasteiger partial charge is 0.307 e. The minimum atomic E-state index is 0.569. The zero-order valence-electron chi connectivity index (χ0n) is 9.95. The van der Waals surface area contributed by atoms with E-state index in [1.165, 1.54) is 47.7 Å². The maximum atomic E-state index is 3.83. The highest BCUT2D eigenvalue weighted by Crippen LogP contribution is 2.36. The summed E-state index contributed by atoms with van der Waals surface area (Å²) in [6.07, 6.45) is 10.8. The van der Waals surface area contributed by atoms with Gasteiger partial charge in [-0.15, -0.1) is 0 Å². The SMILES string of the molecule is Brc1cccc2c1CCC2NC1CC=CCC1. The van der Waals surface area contributed by atoms with Gasteiger partial charge < -0.3 is 5.32 Å². The molecule has 1 aromatic carbocycles. The van der Waals surface area contributed by atoms with Gasteiger partial charge in [0.1, 0.15) is 0 Å². The van der Waals surface area contributed by atoms with Gasteiger partial charge in [-0.05, 0) is 49.3 Å². The van der Waals surface area contributed by atoms with Crippen molar-refractivity contribution < 1.29 is 0 Å². The molecule has 17 heavy (non-hydrogen) atoms. The molecule has 2 aliphatic carbocycles. The summed E-state index contributed by atoms with van der Waals surface area (Å²) in [4.78, 5) is 0. The van der Waals surface area contributed by atoms with Crippen LogP contribution in [-0.4, -0.2) is 6.04 Å². The van der Waals surface area contributed by atoms with E-state index in [2.05, 4.69) is 51.6 Å². The summed E-state index contributed by atoms with van der Waals surface area (Å²) < 4.78 is 1.28. The zero-order chi connectivity index (χ0) is 11.7. The maximum Gasteiger partial charge on any atom is 0.0329 e. The van der Waals surface area contributed by atoms with Crippen molar-refractivity contribution >= 4 is 15.9 Å². The van der Waals surface area contributed by atoms with Crippen LogP contribution in [0.15, 0.2) is 34.8 Å². The Hall–Kier alpha value is -0.600. The molecule has 0 saturated carbocycles. The van der Waals surface area contributed by atoms with E-state index < -0.39 is 0 Å².